The maximum absolute atomic E-state index is 9.54. The Kier molecular flexibility index (Phi) is 4.29. The van der Waals surface area contributed by atoms with Crippen molar-refractivity contribution in [3.8, 4) is 0 Å². The number of hydrogen-bond donors (Lipinski definition) is 1. The number of nitrogens with two attached hydrogens (primary N) is 1. The molecule has 0 rings (SSSR count). The van der Waals surface area contributed by atoms with Crippen molar-refractivity contribution in [1.29, 1.82) is 0 Å². The minimum atomic E-state index is -0.525. The molecule has 0 heterocycles. The van der Waals surface area contributed by atoms with Gasteiger partial charge in [-0.05, 0) is 0 Å². The van der Waals surface area contributed by atoms with Crippen molar-refractivity contribution in [2.24, 2.45) is 5.73 Å². The van der Waals surface area contributed by atoms with Gasteiger partial charge in [-0.1, -0.05) is 0 Å². The van der Waals surface area contributed by atoms with Crippen LogP contribution in [0.4, 0.5) is 0 Å². The van der Waals surface area contributed by atoms with Crippen molar-refractivity contribution in [2.45, 2.75) is 0 Å². The Hall–Kier alpha value is -0.550. The average Bonchev–Trinajstić information content (AvgIpc) is 1.66. The predicted molar refractivity (Wildman–Crippen MR) is 32.8 cm³/mol. The molecule has 0 aromatic rings. The summed E-state index contributed by atoms with van der Waals surface area (Å²) in [5.41, 5.74) is 5.00. The van der Waals surface area contributed by atoms with E-state index in [1.54, 1.807) is 0 Å². The van der Waals surface area contributed by atoms with Crippen LogP contribution in [-0.2, 0) is 0 Å². The van der Waals surface area contributed by atoms with Crippen molar-refractivity contribution in [2.75, 3.05) is 5.88 Å². The fraction of sp³-hybridized carbons (Fsp3) is 0.333. The summed E-state index contributed by atoms with van der Waals surface area (Å²) in [6.45, 7) is 0. The van der Waals surface area contributed by atoms with E-state index in [4.69, 9.17) is 5.73 Å². The summed E-state index contributed by atoms with van der Waals surface area (Å²) in [5, 5.41) is 10.9. The third kappa shape index (κ3) is 5.45. The Bertz CT molecular complexity index is 103. The topological polar surface area (TPSA) is 69.2 Å². The Morgan fingerprint density at radius 2 is 2.50 bits per heavy atom. The molecule has 46 valence electrons. The van der Waals surface area contributed by atoms with E-state index in [0.29, 0.717) is 5.88 Å². The quantitative estimate of drug-likeness (QED) is 0.344. The largest absolute Gasteiger partial charge is 0.322 e. The van der Waals surface area contributed by atoms with E-state index in [0.717, 1.165) is 6.20 Å². The number of nitro groups is 1. The molecule has 0 aromatic carbocycles. The predicted octanol–water partition coefficient (Wildman–Crippen LogP) is 0.384. The maximum Gasteiger partial charge on any atom is 0.240 e. The highest BCUT2D eigenvalue weighted by Gasteiger charge is 1.80. The Labute approximate surface area is 50.9 Å². The van der Waals surface area contributed by atoms with Crippen LogP contribution in [0.15, 0.2) is 11.6 Å². The van der Waals surface area contributed by atoms with E-state index in [1.807, 2.05) is 0 Å². The molecule has 0 spiro atoms. The summed E-state index contributed by atoms with van der Waals surface area (Å²) in [6.07, 6.45) is 0.859. The van der Waals surface area contributed by atoms with Gasteiger partial charge in [0.25, 0.3) is 0 Å². The van der Waals surface area contributed by atoms with Gasteiger partial charge in [-0.2, -0.15) is 0 Å². The molecule has 8 heavy (non-hydrogen) atoms. The molecule has 0 radical (unpaired) electrons. The van der Waals surface area contributed by atoms with Gasteiger partial charge in [0.1, 0.15) is 0 Å². The highest BCUT2D eigenvalue weighted by molar-refractivity contribution is 8.02. The zero-order chi connectivity index (χ0) is 6.41. The van der Waals surface area contributed by atoms with Crippen LogP contribution in [0.1, 0.15) is 0 Å². The lowest BCUT2D eigenvalue weighted by Gasteiger charge is -1.78. The van der Waals surface area contributed by atoms with Crippen molar-refractivity contribution in [3.63, 3.8) is 0 Å². The summed E-state index contributed by atoms with van der Waals surface area (Å²) in [5.74, 6) is 0.379. The Morgan fingerprint density at radius 1 is 1.88 bits per heavy atom. The molecule has 0 aliphatic rings. The van der Waals surface area contributed by atoms with Crippen LogP contribution in [0.2, 0.25) is 0 Å². The van der Waals surface area contributed by atoms with Crippen molar-refractivity contribution in [3.05, 3.63) is 21.7 Å². The van der Waals surface area contributed by atoms with Crippen LogP contribution in [0.5, 0.6) is 0 Å². The first kappa shape index (κ1) is 7.45. The molecular weight excluding hydrogens is 128 g/mol. The zero-order valence-electron chi connectivity index (χ0n) is 4.11. The zero-order valence-corrected chi connectivity index (χ0v) is 4.93. The molecule has 2 N–H and O–H groups in total. The van der Waals surface area contributed by atoms with Crippen molar-refractivity contribution in [1.82, 2.24) is 0 Å². The Morgan fingerprint density at radius 3 is 2.88 bits per heavy atom. The molecule has 5 heteroatoms. The van der Waals surface area contributed by atoms with E-state index in [1.165, 1.54) is 17.2 Å². The van der Waals surface area contributed by atoms with E-state index in [-0.39, 0.29) is 0 Å². The minimum absolute atomic E-state index is 0.379. The van der Waals surface area contributed by atoms with E-state index < -0.39 is 4.92 Å². The SMILES string of the molecule is NCSC=C[N+](=O)[O-]. The second-order valence-electron chi connectivity index (χ2n) is 0.904. The van der Waals surface area contributed by atoms with Gasteiger partial charge in [0.05, 0.1) is 4.92 Å². The standard InChI is InChI=1S/C3H6N2O2S/c4-3-8-2-1-5(6)7/h1-2H,3-4H2. The highest BCUT2D eigenvalue weighted by atomic mass is 32.2. The third-order valence-electron chi connectivity index (χ3n) is 0.375. The Balaban J connectivity index is 3.20. The summed E-state index contributed by atoms with van der Waals surface area (Å²) in [6, 6.07) is 0. The molecule has 0 amide bonds. The van der Waals surface area contributed by atoms with Gasteiger partial charge in [0, 0.05) is 11.3 Å². The molecule has 0 bridgehead atoms. The molecule has 0 saturated carbocycles. The van der Waals surface area contributed by atoms with Gasteiger partial charge in [-0.25, -0.2) is 0 Å². The number of hydrogen-bond acceptors (Lipinski definition) is 4. The second-order valence-corrected chi connectivity index (χ2v) is 1.84. The maximum atomic E-state index is 9.54. The average molecular weight is 134 g/mol. The first-order valence-electron chi connectivity index (χ1n) is 1.89. The van der Waals surface area contributed by atoms with Crippen molar-refractivity contribution >= 4 is 11.8 Å². The molecule has 0 aliphatic carbocycles. The summed E-state index contributed by atoms with van der Waals surface area (Å²) < 4.78 is 0. The normalized spacial score (nSPS) is 10.1. The smallest absolute Gasteiger partial charge is 0.240 e. The van der Waals surface area contributed by atoms with E-state index in [9.17, 15) is 10.1 Å². The summed E-state index contributed by atoms with van der Waals surface area (Å²) in [7, 11) is 0. The van der Waals surface area contributed by atoms with E-state index in [2.05, 4.69) is 0 Å². The lowest BCUT2D eigenvalue weighted by atomic mass is 11.1. The van der Waals surface area contributed by atoms with Gasteiger partial charge >= 0.3 is 0 Å². The van der Waals surface area contributed by atoms with Gasteiger partial charge in [-0.3, -0.25) is 10.1 Å². The number of nitrogens with zero attached hydrogens (tertiary/aromatic N) is 1. The van der Waals surface area contributed by atoms with Crippen molar-refractivity contribution < 1.29 is 4.92 Å². The number of thioether (sulfide) groups is 1. The fourth-order valence-corrected chi connectivity index (χ4v) is 0.445. The third-order valence-corrected chi connectivity index (χ3v) is 0.882. The van der Waals surface area contributed by atoms with Gasteiger partial charge in [0.2, 0.25) is 6.20 Å². The first-order chi connectivity index (χ1) is 3.77. The van der Waals surface area contributed by atoms with E-state index >= 15 is 0 Å². The monoisotopic (exact) mass is 134 g/mol. The summed E-state index contributed by atoms with van der Waals surface area (Å²) in [4.78, 5) is 9.01. The molecule has 0 atom stereocenters. The van der Waals surface area contributed by atoms with Crippen LogP contribution in [0, 0.1) is 10.1 Å². The lowest BCUT2D eigenvalue weighted by Crippen LogP contribution is -1.89. The number of rotatable bonds is 3. The van der Waals surface area contributed by atoms with Crippen LogP contribution in [0.3, 0.4) is 0 Å². The molecule has 0 aromatic heterocycles. The molecular formula is C3H6N2O2S. The second kappa shape index (κ2) is 4.61. The van der Waals surface area contributed by atoms with Crippen LogP contribution in [0.25, 0.3) is 0 Å². The molecule has 0 saturated heterocycles. The van der Waals surface area contributed by atoms with Gasteiger partial charge in [0.15, 0.2) is 0 Å². The molecule has 0 unspecified atom stereocenters. The first-order valence-corrected chi connectivity index (χ1v) is 2.94. The van der Waals surface area contributed by atoms with Crippen LogP contribution in [-0.4, -0.2) is 10.8 Å². The van der Waals surface area contributed by atoms with Gasteiger partial charge in [-0.15, -0.1) is 11.8 Å². The van der Waals surface area contributed by atoms with Gasteiger partial charge < -0.3 is 5.73 Å². The minimum Gasteiger partial charge on any atom is -0.322 e. The van der Waals surface area contributed by atoms with Crippen LogP contribution < -0.4 is 5.73 Å². The molecule has 4 nitrogen and oxygen atoms in total. The lowest BCUT2D eigenvalue weighted by molar-refractivity contribution is -0.402. The van der Waals surface area contributed by atoms with Crippen LogP contribution >= 0.6 is 11.8 Å². The molecule has 0 fully saturated rings. The molecule has 0 aliphatic heterocycles. The highest BCUT2D eigenvalue weighted by Crippen LogP contribution is 1.95. The fourth-order valence-electron chi connectivity index (χ4n) is 0.148. The summed E-state index contributed by atoms with van der Waals surface area (Å²) >= 11 is 1.19.